The van der Waals surface area contributed by atoms with Gasteiger partial charge in [-0.05, 0) is 36.0 Å². The highest BCUT2D eigenvalue weighted by atomic mass is 16.5. The molecule has 1 aromatic rings. The number of anilines is 1. The Balaban J connectivity index is 1.86. The minimum atomic E-state index is -0.105. The van der Waals surface area contributed by atoms with Crippen LogP contribution in [-0.4, -0.2) is 12.5 Å². The smallest absolute Gasteiger partial charge is 0.262 e. The summed E-state index contributed by atoms with van der Waals surface area (Å²) in [4.78, 5) is 11.4. The lowest BCUT2D eigenvalue weighted by Crippen LogP contribution is -2.34. The molecule has 0 spiro atoms. The fourth-order valence-corrected chi connectivity index (χ4v) is 3.37. The first kappa shape index (κ1) is 13.4. The molecule has 3 rings (SSSR count). The van der Waals surface area contributed by atoms with E-state index in [4.69, 9.17) is 10.5 Å². The summed E-state index contributed by atoms with van der Waals surface area (Å²) >= 11 is 0. The Morgan fingerprint density at radius 2 is 2.05 bits per heavy atom. The molecule has 108 valence electrons. The molecule has 3 N–H and O–H groups in total. The molecule has 0 radical (unpaired) electrons. The summed E-state index contributed by atoms with van der Waals surface area (Å²) < 4.78 is 5.39. The van der Waals surface area contributed by atoms with Crippen LogP contribution in [0, 0.1) is 5.41 Å². The lowest BCUT2D eigenvalue weighted by atomic mass is 9.69. The van der Waals surface area contributed by atoms with E-state index in [1.165, 1.54) is 32.1 Å². The van der Waals surface area contributed by atoms with Gasteiger partial charge in [0, 0.05) is 6.04 Å². The number of carbonyl (C=O) groups excluding carboxylic acids is 1. The summed E-state index contributed by atoms with van der Waals surface area (Å²) in [6.07, 6.45) is 6.18. The van der Waals surface area contributed by atoms with Crippen molar-refractivity contribution in [2.45, 2.75) is 45.1 Å². The van der Waals surface area contributed by atoms with Gasteiger partial charge in [0.1, 0.15) is 5.75 Å². The van der Waals surface area contributed by atoms with Gasteiger partial charge in [0.05, 0.1) is 5.69 Å². The SMILES string of the molecule is CC1(C(N)c2ccc3c(c2)NC(=O)CO3)CCCCC1. The van der Waals surface area contributed by atoms with Crippen molar-refractivity contribution in [3.8, 4) is 5.75 Å². The molecular weight excluding hydrogens is 252 g/mol. The third kappa shape index (κ3) is 2.40. The normalized spacial score (nSPS) is 22.4. The summed E-state index contributed by atoms with van der Waals surface area (Å²) in [5.74, 6) is 0.626. The van der Waals surface area contributed by atoms with Crippen molar-refractivity contribution in [3.05, 3.63) is 23.8 Å². The van der Waals surface area contributed by atoms with Crippen LogP contribution in [0.3, 0.4) is 0 Å². The second-order valence-electron chi connectivity index (χ2n) is 6.28. The predicted molar refractivity (Wildman–Crippen MR) is 78.7 cm³/mol. The Morgan fingerprint density at radius 3 is 2.80 bits per heavy atom. The molecule has 1 aromatic carbocycles. The molecule has 1 atom stereocenters. The van der Waals surface area contributed by atoms with Crippen LogP contribution in [0.2, 0.25) is 0 Å². The van der Waals surface area contributed by atoms with E-state index in [0.29, 0.717) is 0 Å². The first-order chi connectivity index (χ1) is 9.58. The van der Waals surface area contributed by atoms with E-state index in [1.807, 2.05) is 18.2 Å². The van der Waals surface area contributed by atoms with Gasteiger partial charge in [-0.1, -0.05) is 32.3 Å². The zero-order valence-corrected chi connectivity index (χ0v) is 11.9. The zero-order valence-electron chi connectivity index (χ0n) is 11.9. The highest BCUT2D eigenvalue weighted by Gasteiger charge is 2.34. The van der Waals surface area contributed by atoms with Gasteiger partial charge >= 0.3 is 0 Å². The Kier molecular flexibility index (Phi) is 3.42. The maximum absolute atomic E-state index is 11.4. The number of rotatable bonds is 2. The molecule has 4 heteroatoms. The zero-order chi connectivity index (χ0) is 14.2. The van der Waals surface area contributed by atoms with Crippen LogP contribution in [0.1, 0.15) is 50.6 Å². The standard InChI is InChI=1S/C16H22N2O2/c1-16(7-3-2-4-8-16)15(17)11-5-6-13-12(9-11)18-14(19)10-20-13/h5-6,9,15H,2-4,7-8,10,17H2,1H3,(H,18,19). The Morgan fingerprint density at radius 1 is 1.30 bits per heavy atom. The molecule has 0 saturated heterocycles. The Hall–Kier alpha value is -1.55. The quantitative estimate of drug-likeness (QED) is 0.871. The molecule has 1 aliphatic carbocycles. The van der Waals surface area contributed by atoms with Crippen LogP contribution in [0.15, 0.2) is 18.2 Å². The van der Waals surface area contributed by atoms with Crippen molar-refractivity contribution in [3.63, 3.8) is 0 Å². The minimum Gasteiger partial charge on any atom is -0.482 e. The van der Waals surface area contributed by atoms with E-state index >= 15 is 0 Å². The van der Waals surface area contributed by atoms with Gasteiger partial charge in [-0.2, -0.15) is 0 Å². The third-order valence-corrected chi connectivity index (χ3v) is 4.74. The summed E-state index contributed by atoms with van der Waals surface area (Å²) in [7, 11) is 0. The van der Waals surface area contributed by atoms with Crippen molar-refractivity contribution in [1.82, 2.24) is 0 Å². The fraction of sp³-hybridized carbons (Fsp3) is 0.562. The third-order valence-electron chi connectivity index (χ3n) is 4.74. The van der Waals surface area contributed by atoms with Crippen LogP contribution >= 0.6 is 0 Å². The van der Waals surface area contributed by atoms with Crippen LogP contribution in [0.5, 0.6) is 5.75 Å². The van der Waals surface area contributed by atoms with Crippen molar-refractivity contribution in [2.24, 2.45) is 11.1 Å². The van der Waals surface area contributed by atoms with Gasteiger partial charge < -0.3 is 15.8 Å². The summed E-state index contributed by atoms with van der Waals surface area (Å²) in [6, 6.07) is 5.92. The molecule has 1 fully saturated rings. The van der Waals surface area contributed by atoms with E-state index < -0.39 is 0 Å². The first-order valence-corrected chi connectivity index (χ1v) is 7.41. The molecule has 1 saturated carbocycles. The first-order valence-electron chi connectivity index (χ1n) is 7.41. The van der Waals surface area contributed by atoms with E-state index in [0.717, 1.165) is 17.0 Å². The van der Waals surface area contributed by atoms with Crippen LogP contribution in [-0.2, 0) is 4.79 Å². The highest BCUT2D eigenvalue weighted by Crippen LogP contribution is 2.45. The minimum absolute atomic E-state index is 0.00642. The lowest BCUT2D eigenvalue weighted by molar-refractivity contribution is -0.118. The van der Waals surface area contributed by atoms with E-state index in [2.05, 4.69) is 12.2 Å². The lowest BCUT2D eigenvalue weighted by Gasteiger charge is -2.39. The largest absolute Gasteiger partial charge is 0.482 e. The van der Waals surface area contributed by atoms with Gasteiger partial charge in [-0.25, -0.2) is 0 Å². The van der Waals surface area contributed by atoms with Gasteiger partial charge in [-0.3, -0.25) is 4.79 Å². The van der Waals surface area contributed by atoms with Gasteiger partial charge in [0.25, 0.3) is 5.91 Å². The number of hydrogen-bond acceptors (Lipinski definition) is 3. The molecule has 0 aromatic heterocycles. The number of benzene rings is 1. The number of fused-ring (bicyclic) bond motifs is 1. The van der Waals surface area contributed by atoms with Crippen molar-refractivity contribution in [2.75, 3.05) is 11.9 Å². The highest BCUT2D eigenvalue weighted by molar-refractivity contribution is 5.95. The van der Waals surface area contributed by atoms with Gasteiger partial charge in [-0.15, -0.1) is 0 Å². The topological polar surface area (TPSA) is 64.3 Å². The maximum atomic E-state index is 11.4. The molecule has 2 aliphatic rings. The molecule has 1 amide bonds. The number of hydrogen-bond donors (Lipinski definition) is 2. The Bertz CT molecular complexity index is 521. The van der Waals surface area contributed by atoms with Crippen molar-refractivity contribution in [1.29, 1.82) is 0 Å². The van der Waals surface area contributed by atoms with Crippen LogP contribution < -0.4 is 15.8 Å². The molecule has 1 heterocycles. The van der Waals surface area contributed by atoms with Crippen LogP contribution in [0.4, 0.5) is 5.69 Å². The van der Waals surface area contributed by atoms with Crippen molar-refractivity contribution >= 4 is 11.6 Å². The molecule has 20 heavy (non-hydrogen) atoms. The fourth-order valence-electron chi connectivity index (χ4n) is 3.37. The monoisotopic (exact) mass is 274 g/mol. The number of nitrogens with two attached hydrogens (primary N) is 1. The maximum Gasteiger partial charge on any atom is 0.262 e. The number of carbonyl (C=O) groups is 1. The molecule has 0 bridgehead atoms. The van der Waals surface area contributed by atoms with Gasteiger partial charge in [0.2, 0.25) is 0 Å². The van der Waals surface area contributed by atoms with E-state index in [1.54, 1.807) is 0 Å². The summed E-state index contributed by atoms with van der Waals surface area (Å²) in [5, 5.41) is 2.85. The number of amides is 1. The van der Waals surface area contributed by atoms with Crippen molar-refractivity contribution < 1.29 is 9.53 Å². The molecule has 4 nitrogen and oxygen atoms in total. The number of nitrogens with one attached hydrogen (secondary N) is 1. The molecular formula is C16H22N2O2. The predicted octanol–water partition coefficient (Wildman–Crippen LogP) is 2.99. The van der Waals surface area contributed by atoms with E-state index in [9.17, 15) is 4.79 Å². The number of ether oxygens (including phenoxy) is 1. The van der Waals surface area contributed by atoms with Crippen LogP contribution in [0.25, 0.3) is 0 Å². The molecule has 1 unspecified atom stereocenters. The summed E-state index contributed by atoms with van der Waals surface area (Å²) in [6.45, 7) is 2.38. The second kappa shape index (κ2) is 5.09. The average molecular weight is 274 g/mol. The van der Waals surface area contributed by atoms with Gasteiger partial charge in [0.15, 0.2) is 6.61 Å². The average Bonchev–Trinajstić information content (AvgIpc) is 2.46. The second-order valence-corrected chi connectivity index (χ2v) is 6.28. The summed E-state index contributed by atoms with van der Waals surface area (Å²) in [5.41, 5.74) is 8.50. The molecule has 1 aliphatic heterocycles. The Labute approximate surface area is 119 Å². The van der Waals surface area contributed by atoms with E-state index in [-0.39, 0.29) is 24.0 Å².